The van der Waals surface area contributed by atoms with E-state index in [1.165, 1.54) is 29.7 Å². The van der Waals surface area contributed by atoms with Crippen LogP contribution in [0.15, 0.2) is 59.6 Å². The number of hydrogen-bond acceptors (Lipinski definition) is 6. The molecule has 0 spiro atoms. The van der Waals surface area contributed by atoms with E-state index in [0.717, 1.165) is 10.9 Å². The standard InChI is InChI=1S/C27H28F2N4O2S2/c1-15(2)16-8-6-10-19(28)25(16)37(34,35)33-20-11-7-9-17(23(20)29)18-14-22(27(3,4)5)36-24(18)21-12-13-31-26(30)32-21/h6-15,33H,1-5H3,(H2,30,31,32). The van der Waals surface area contributed by atoms with Crippen molar-refractivity contribution in [2.24, 2.45) is 0 Å². The van der Waals surface area contributed by atoms with Gasteiger partial charge in [0.15, 0.2) is 5.82 Å². The van der Waals surface area contributed by atoms with Crippen LogP contribution < -0.4 is 10.5 Å². The summed E-state index contributed by atoms with van der Waals surface area (Å²) >= 11 is 1.45. The van der Waals surface area contributed by atoms with Crippen LogP contribution in [0.1, 0.15) is 51.0 Å². The zero-order valence-corrected chi connectivity index (χ0v) is 22.8. The van der Waals surface area contributed by atoms with Crippen LogP contribution in [0.25, 0.3) is 21.7 Å². The second kappa shape index (κ2) is 9.83. The predicted octanol–water partition coefficient (Wildman–Crippen LogP) is 6.95. The fourth-order valence-corrected chi connectivity index (χ4v) is 6.62. The van der Waals surface area contributed by atoms with Crippen LogP contribution in [0.3, 0.4) is 0 Å². The lowest BCUT2D eigenvalue weighted by Gasteiger charge is -2.16. The van der Waals surface area contributed by atoms with Gasteiger partial charge in [0, 0.05) is 22.2 Å². The van der Waals surface area contributed by atoms with Crippen LogP contribution in [-0.2, 0) is 15.4 Å². The van der Waals surface area contributed by atoms with E-state index in [0.29, 0.717) is 21.7 Å². The molecule has 0 saturated heterocycles. The molecule has 0 aliphatic carbocycles. The minimum Gasteiger partial charge on any atom is -0.368 e. The van der Waals surface area contributed by atoms with Gasteiger partial charge in [-0.3, -0.25) is 4.72 Å². The Balaban J connectivity index is 1.85. The van der Waals surface area contributed by atoms with Crippen molar-refractivity contribution in [1.82, 2.24) is 9.97 Å². The molecule has 3 N–H and O–H groups in total. The van der Waals surface area contributed by atoms with Gasteiger partial charge in [0.2, 0.25) is 5.95 Å². The number of nitrogens with one attached hydrogen (secondary N) is 1. The maximum atomic E-state index is 16.0. The number of sulfonamides is 1. The normalized spacial score (nSPS) is 12.2. The molecule has 2 aromatic carbocycles. The summed E-state index contributed by atoms with van der Waals surface area (Å²) in [6.45, 7) is 9.66. The topological polar surface area (TPSA) is 98.0 Å². The van der Waals surface area contributed by atoms with E-state index in [1.807, 2.05) is 26.8 Å². The molecular formula is C27H28F2N4O2S2. The molecule has 6 nitrogen and oxygen atoms in total. The molecule has 0 aliphatic rings. The average Bonchev–Trinajstić information content (AvgIpc) is 3.26. The highest BCUT2D eigenvalue weighted by molar-refractivity contribution is 7.92. The van der Waals surface area contributed by atoms with Gasteiger partial charge in [-0.25, -0.2) is 27.2 Å². The number of rotatable bonds is 6. The van der Waals surface area contributed by atoms with Crippen molar-refractivity contribution in [2.75, 3.05) is 10.5 Å². The molecule has 0 unspecified atom stereocenters. The lowest BCUT2D eigenvalue weighted by atomic mass is 9.93. The Morgan fingerprint density at radius 1 is 1.03 bits per heavy atom. The number of benzene rings is 2. The predicted molar refractivity (Wildman–Crippen MR) is 145 cm³/mol. The van der Waals surface area contributed by atoms with Crippen LogP contribution in [0.4, 0.5) is 20.4 Å². The molecule has 0 atom stereocenters. The Morgan fingerprint density at radius 2 is 1.73 bits per heavy atom. The molecule has 4 aromatic rings. The maximum Gasteiger partial charge on any atom is 0.265 e. The van der Waals surface area contributed by atoms with E-state index in [1.54, 1.807) is 38.1 Å². The highest BCUT2D eigenvalue weighted by atomic mass is 32.2. The number of nitrogens with zero attached hydrogens (tertiary/aromatic N) is 2. The van der Waals surface area contributed by atoms with Gasteiger partial charge in [-0.2, -0.15) is 0 Å². The van der Waals surface area contributed by atoms with Crippen LogP contribution in [0.5, 0.6) is 0 Å². The van der Waals surface area contributed by atoms with E-state index in [4.69, 9.17) is 5.73 Å². The fourth-order valence-electron chi connectivity index (χ4n) is 3.93. The van der Waals surface area contributed by atoms with Gasteiger partial charge >= 0.3 is 0 Å². The second-order valence-electron chi connectivity index (χ2n) is 9.99. The molecule has 0 radical (unpaired) electrons. The first-order chi connectivity index (χ1) is 17.3. The van der Waals surface area contributed by atoms with Crippen LogP contribution in [-0.4, -0.2) is 18.4 Å². The summed E-state index contributed by atoms with van der Waals surface area (Å²) in [7, 11) is -4.43. The van der Waals surface area contributed by atoms with Crippen LogP contribution >= 0.6 is 11.3 Å². The Kier molecular flexibility index (Phi) is 7.09. The summed E-state index contributed by atoms with van der Waals surface area (Å²) in [6.07, 6.45) is 1.53. The lowest BCUT2D eigenvalue weighted by molar-refractivity contribution is 0.562. The molecule has 0 aliphatic heterocycles. The maximum absolute atomic E-state index is 16.0. The van der Waals surface area contributed by atoms with Gasteiger partial charge in [-0.1, -0.05) is 58.9 Å². The third-order valence-corrected chi connectivity index (χ3v) is 8.84. The summed E-state index contributed by atoms with van der Waals surface area (Å²) in [5.41, 5.74) is 6.84. The van der Waals surface area contributed by atoms with Gasteiger partial charge < -0.3 is 5.73 Å². The largest absolute Gasteiger partial charge is 0.368 e. The first-order valence-corrected chi connectivity index (χ1v) is 13.9. The zero-order valence-electron chi connectivity index (χ0n) is 21.1. The van der Waals surface area contributed by atoms with E-state index in [-0.39, 0.29) is 28.5 Å². The number of aromatic nitrogens is 2. The smallest absolute Gasteiger partial charge is 0.265 e. The van der Waals surface area contributed by atoms with E-state index in [9.17, 15) is 12.8 Å². The third-order valence-electron chi connectivity index (χ3n) is 5.80. The molecule has 0 bridgehead atoms. The number of nitrogens with two attached hydrogens (primary N) is 1. The number of thiophene rings is 1. The SMILES string of the molecule is CC(C)c1cccc(F)c1S(=O)(=O)Nc1cccc(-c2cc(C(C)(C)C)sc2-c2ccnc(N)n2)c1F. The molecule has 10 heteroatoms. The molecule has 37 heavy (non-hydrogen) atoms. The zero-order chi connectivity index (χ0) is 27.1. The highest BCUT2D eigenvalue weighted by Gasteiger charge is 2.28. The van der Waals surface area contributed by atoms with E-state index < -0.39 is 26.6 Å². The van der Waals surface area contributed by atoms with Gasteiger partial charge in [-0.15, -0.1) is 11.3 Å². The summed E-state index contributed by atoms with van der Waals surface area (Å²) in [5.74, 6) is -1.86. The Labute approximate surface area is 219 Å². The minimum atomic E-state index is -4.43. The second-order valence-corrected chi connectivity index (χ2v) is 12.7. The first kappa shape index (κ1) is 26.7. The van der Waals surface area contributed by atoms with Crippen LogP contribution in [0, 0.1) is 11.6 Å². The quantitative estimate of drug-likeness (QED) is 0.275. The Morgan fingerprint density at radius 3 is 2.38 bits per heavy atom. The average molecular weight is 543 g/mol. The minimum absolute atomic E-state index is 0.0852. The van der Waals surface area contributed by atoms with Crippen molar-refractivity contribution in [2.45, 2.75) is 50.8 Å². The van der Waals surface area contributed by atoms with Gasteiger partial charge in [0.1, 0.15) is 10.7 Å². The summed E-state index contributed by atoms with van der Waals surface area (Å²) < 4.78 is 59.5. The number of anilines is 2. The first-order valence-electron chi connectivity index (χ1n) is 11.6. The third kappa shape index (κ3) is 5.35. The number of nitrogen functional groups attached to an aromatic ring is 1. The molecule has 0 saturated carbocycles. The molecule has 0 amide bonds. The van der Waals surface area contributed by atoms with Crippen LogP contribution in [0.2, 0.25) is 0 Å². The summed E-state index contributed by atoms with van der Waals surface area (Å²) in [6, 6.07) is 12.1. The van der Waals surface area contributed by atoms with Crippen molar-refractivity contribution < 1.29 is 17.2 Å². The molecule has 4 rings (SSSR count). The highest BCUT2D eigenvalue weighted by Crippen LogP contribution is 2.44. The fraction of sp³-hybridized carbons (Fsp3) is 0.259. The number of hydrogen-bond donors (Lipinski definition) is 2. The molecule has 194 valence electrons. The lowest BCUT2D eigenvalue weighted by Crippen LogP contribution is -2.18. The summed E-state index contributed by atoms with van der Waals surface area (Å²) in [5, 5.41) is 0. The van der Waals surface area contributed by atoms with Gasteiger partial charge in [0.05, 0.1) is 16.3 Å². The van der Waals surface area contributed by atoms with E-state index >= 15 is 4.39 Å². The Bertz CT molecular complexity index is 1580. The molecular weight excluding hydrogens is 514 g/mol. The molecule has 2 aromatic heterocycles. The molecule has 0 fully saturated rings. The van der Waals surface area contributed by atoms with Crippen molar-refractivity contribution >= 4 is 33.0 Å². The Hall–Kier alpha value is -3.37. The van der Waals surface area contributed by atoms with Gasteiger partial charge in [0.25, 0.3) is 10.0 Å². The molecule has 2 heterocycles. The van der Waals surface area contributed by atoms with Crippen molar-refractivity contribution in [3.8, 4) is 21.7 Å². The number of halogens is 2. The van der Waals surface area contributed by atoms with E-state index in [2.05, 4.69) is 14.7 Å². The summed E-state index contributed by atoms with van der Waals surface area (Å²) in [4.78, 5) is 9.42. The van der Waals surface area contributed by atoms with Crippen molar-refractivity contribution in [1.29, 1.82) is 0 Å². The van der Waals surface area contributed by atoms with Crippen molar-refractivity contribution in [3.05, 3.63) is 76.8 Å². The van der Waals surface area contributed by atoms with Crippen molar-refractivity contribution in [3.63, 3.8) is 0 Å². The van der Waals surface area contributed by atoms with Gasteiger partial charge in [-0.05, 0) is 41.2 Å². The monoisotopic (exact) mass is 542 g/mol.